The number of aliphatic hydroxyl groups is 1. The molecular formula is C34H28F4N6O5. The largest absolute Gasteiger partial charge is 0.586 e. The number of amides is 2. The van der Waals surface area contributed by atoms with E-state index in [-0.39, 0.29) is 47.8 Å². The molecule has 2 N–H and O–H groups in total. The summed E-state index contributed by atoms with van der Waals surface area (Å²) in [5.41, 5.74) is 2.27. The molecule has 0 saturated carbocycles. The van der Waals surface area contributed by atoms with Crippen LogP contribution in [0.15, 0.2) is 67.0 Å². The molecule has 0 radical (unpaired) electrons. The molecule has 7 rings (SSSR count). The van der Waals surface area contributed by atoms with Gasteiger partial charge in [0.1, 0.15) is 24.6 Å². The van der Waals surface area contributed by atoms with E-state index >= 15 is 4.39 Å². The molecule has 11 nitrogen and oxygen atoms in total. The second-order valence-corrected chi connectivity index (χ2v) is 11.9. The molecule has 0 spiro atoms. The molecule has 252 valence electrons. The van der Waals surface area contributed by atoms with Gasteiger partial charge in [0, 0.05) is 35.3 Å². The average Bonchev–Trinajstić information content (AvgIpc) is 3.73. The maximum atomic E-state index is 15.7. The van der Waals surface area contributed by atoms with Gasteiger partial charge in [0.15, 0.2) is 17.3 Å². The number of aromatic nitrogens is 4. The van der Waals surface area contributed by atoms with Gasteiger partial charge in [-0.3, -0.25) is 14.3 Å². The van der Waals surface area contributed by atoms with E-state index in [0.717, 1.165) is 16.0 Å². The van der Waals surface area contributed by atoms with Crippen LogP contribution in [-0.4, -0.2) is 66.6 Å². The van der Waals surface area contributed by atoms with Crippen LogP contribution in [0.5, 0.6) is 11.5 Å². The lowest BCUT2D eigenvalue weighted by Gasteiger charge is -2.24. The van der Waals surface area contributed by atoms with Crippen LogP contribution in [0.1, 0.15) is 31.0 Å². The van der Waals surface area contributed by atoms with Crippen molar-refractivity contribution in [1.82, 2.24) is 24.6 Å². The predicted octanol–water partition coefficient (Wildman–Crippen LogP) is 5.56. The zero-order valence-electron chi connectivity index (χ0n) is 26.0. The molecule has 2 amide bonds. The molecule has 3 atom stereocenters. The molecule has 5 aromatic rings. The number of nitrogens with zero attached hydrogens (tertiary/aromatic N) is 5. The number of alkyl halides is 3. The number of anilines is 1. The molecule has 1 fully saturated rings. The SMILES string of the molecule is Cc1ncc(-c2ccc3c(c2)c(C(C)O)nn3CC(=O)N2C[C@H](F)C[C@H]2C(=O)Nc2cccc(-c3ccc4c(c3)OC(F)(F)O4)c2F)cn1. The van der Waals surface area contributed by atoms with E-state index in [1.54, 1.807) is 38.4 Å². The van der Waals surface area contributed by atoms with Crippen LogP contribution >= 0.6 is 0 Å². The molecule has 49 heavy (non-hydrogen) atoms. The third kappa shape index (κ3) is 6.12. The summed E-state index contributed by atoms with van der Waals surface area (Å²) in [6.07, 6.45) is -3.30. The van der Waals surface area contributed by atoms with Gasteiger partial charge >= 0.3 is 6.29 Å². The lowest BCUT2D eigenvalue weighted by Crippen LogP contribution is -2.44. The number of hydrogen-bond acceptors (Lipinski definition) is 8. The molecule has 0 aliphatic carbocycles. The van der Waals surface area contributed by atoms with Crippen LogP contribution in [0, 0.1) is 12.7 Å². The van der Waals surface area contributed by atoms with Crippen molar-refractivity contribution in [2.45, 2.75) is 51.4 Å². The third-order valence-corrected chi connectivity index (χ3v) is 8.42. The molecule has 3 aromatic carbocycles. The van der Waals surface area contributed by atoms with Crippen LogP contribution in [0.2, 0.25) is 0 Å². The fraction of sp³-hybridized carbons (Fsp3) is 0.265. The van der Waals surface area contributed by atoms with Crippen LogP contribution in [-0.2, 0) is 16.1 Å². The van der Waals surface area contributed by atoms with Crippen molar-refractivity contribution in [2.24, 2.45) is 0 Å². The molecule has 0 bridgehead atoms. The van der Waals surface area contributed by atoms with Crippen molar-refractivity contribution in [3.8, 4) is 33.8 Å². The fourth-order valence-electron chi connectivity index (χ4n) is 6.07. The Balaban J connectivity index is 1.11. The minimum Gasteiger partial charge on any atom is -0.395 e. The van der Waals surface area contributed by atoms with Gasteiger partial charge in [0.2, 0.25) is 11.8 Å². The molecule has 2 aromatic heterocycles. The average molecular weight is 677 g/mol. The van der Waals surface area contributed by atoms with E-state index in [0.29, 0.717) is 22.4 Å². The van der Waals surface area contributed by atoms with Crippen molar-refractivity contribution >= 4 is 28.4 Å². The highest BCUT2D eigenvalue weighted by Crippen LogP contribution is 2.43. The third-order valence-electron chi connectivity index (χ3n) is 8.42. The first-order chi connectivity index (χ1) is 23.4. The standard InChI is InChI=1S/C34H28F4N6O5/c1-17(45)32-24-10-19(21-13-39-18(2)40-14-21)6-8-26(24)44(42-32)16-30(46)43-15-22(35)12-27(43)33(47)41-25-5-3-4-23(31(25)36)20-7-9-28-29(11-20)49-34(37,38)48-28/h3-11,13-14,17,22,27,45H,12,15-16H2,1-2H3,(H,41,47)/t17?,22-,27+/m1/s1. The maximum absolute atomic E-state index is 15.7. The second kappa shape index (κ2) is 12.1. The van der Waals surface area contributed by atoms with Gasteiger partial charge in [-0.1, -0.05) is 24.3 Å². The Labute approximate surface area is 276 Å². The number of ether oxygens (including phenoxy) is 2. The Morgan fingerprint density at radius 3 is 2.53 bits per heavy atom. The number of likely N-dealkylation sites (tertiary alicyclic amines) is 1. The van der Waals surface area contributed by atoms with Crippen LogP contribution in [0.4, 0.5) is 23.2 Å². The van der Waals surface area contributed by atoms with Crippen LogP contribution in [0.25, 0.3) is 33.2 Å². The minimum atomic E-state index is -3.85. The van der Waals surface area contributed by atoms with Gasteiger partial charge in [-0.25, -0.2) is 18.7 Å². The fourth-order valence-corrected chi connectivity index (χ4v) is 6.07. The van der Waals surface area contributed by atoms with Gasteiger partial charge in [0.05, 0.1) is 29.5 Å². The van der Waals surface area contributed by atoms with Gasteiger partial charge in [-0.05, 0) is 55.3 Å². The summed E-state index contributed by atoms with van der Waals surface area (Å²) in [5.74, 6) is -2.17. The van der Waals surface area contributed by atoms with Crippen molar-refractivity contribution in [3.05, 3.63) is 84.3 Å². The van der Waals surface area contributed by atoms with Gasteiger partial charge in [-0.15, -0.1) is 8.78 Å². The first kappa shape index (κ1) is 32.0. The molecule has 2 aliphatic heterocycles. The Bertz CT molecular complexity index is 2110. The smallest absolute Gasteiger partial charge is 0.395 e. The summed E-state index contributed by atoms with van der Waals surface area (Å²) in [7, 11) is 0. The summed E-state index contributed by atoms with van der Waals surface area (Å²) in [6.45, 7) is 2.59. The highest BCUT2D eigenvalue weighted by molar-refractivity contribution is 5.98. The van der Waals surface area contributed by atoms with E-state index in [2.05, 4.69) is 29.9 Å². The maximum Gasteiger partial charge on any atom is 0.586 e. The summed E-state index contributed by atoms with van der Waals surface area (Å²) < 4.78 is 67.7. The summed E-state index contributed by atoms with van der Waals surface area (Å²) in [4.78, 5) is 36.6. The quantitative estimate of drug-likeness (QED) is 0.214. The van der Waals surface area contributed by atoms with Gasteiger partial charge in [0.25, 0.3) is 0 Å². The zero-order valence-corrected chi connectivity index (χ0v) is 26.0. The molecule has 4 heterocycles. The summed E-state index contributed by atoms with van der Waals surface area (Å²) >= 11 is 0. The number of aryl methyl sites for hydroxylation is 1. The van der Waals surface area contributed by atoms with E-state index in [1.165, 1.54) is 41.1 Å². The molecule has 1 saturated heterocycles. The summed E-state index contributed by atoms with van der Waals surface area (Å²) in [5, 5.41) is 18.0. The highest BCUT2D eigenvalue weighted by atomic mass is 19.3. The van der Waals surface area contributed by atoms with Crippen molar-refractivity contribution in [3.63, 3.8) is 0 Å². The lowest BCUT2D eigenvalue weighted by molar-refractivity contribution is -0.286. The zero-order chi connectivity index (χ0) is 34.6. The Hall–Kier alpha value is -5.57. The number of benzene rings is 3. The number of hydrogen-bond donors (Lipinski definition) is 2. The van der Waals surface area contributed by atoms with E-state index < -0.39 is 42.2 Å². The van der Waals surface area contributed by atoms with Crippen LogP contribution in [0.3, 0.4) is 0 Å². The number of carbonyl (C=O) groups excluding carboxylic acids is 2. The molecule has 15 heteroatoms. The molecule has 2 aliphatic rings. The number of nitrogens with one attached hydrogen (secondary N) is 1. The number of aliphatic hydroxyl groups excluding tert-OH is 1. The summed E-state index contributed by atoms with van der Waals surface area (Å²) in [6, 6.07) is 12.0. The van der Waals surface area contributed by atoms with E-state index in [9.17, 15) is 27.9 Å². The van der Waals surface area contributed by atoms with E-state index in [1.807, 2.05) is 6.07 Å². The Morgan fingerprint density at radius 2 is 1.78 bits per heavy atom. The van der Waals surface area contributed by atoms with E-state index in [4.69, 9.17) is 0 Å². The normalized spacial score (nSPS) is 18.6. The number of carbonyl (C=O) groups is 2. The number of rotatable bonds is 7. The lowest BCUT2D eigenvalue weighted by atomic mass is 10.0. The molecule has 1 unspecified atom stereocenters. The van der Waals surface area contributed by atoms with Gasteiger partial charge in [-0.2, -0.15) is 5.10 Å². The monoisotopic (exact) mass is 676 g/mol. The topological polar surface area (TPSA) is 132 Å². The Morgan fingerprint density at radius 1 is 1.04 bits per heavy atom. The Kier molecular flexibility index (Phi) is 7.93. The van der Waals surface area contributed by atoms with Crippen molar-refractivity contribution in [2.75, 3.05) is 11.9 Å². The number of halogens is 4. The number of fused-ring (bicyclic) bond motifs is 2. The first-order valence-electron chi connectivity index (χ1n) is 15.3. The van der Waals surface area contributed by atoms with Crippen molar-refractivity contribution in [1.29, 1.82) is 0 Å². The highest BCUT2D eigenvalue weighted by Gasteiger charge is 2.44. The predicted molar refractivity (Wildman–Crippen MR) is 168 cm³/mol. The second-order valence-electron chi connectivity index (χ2n) is 11.9. The van der Waals surface area contributed by atoms with Gasteiger partial charge < -0.3 is 24.8 Å². The molecular weight excluding hydrogens is 648 g/mol. The van der Waals surface area contributed by atoms with Crippen molar-refractivity contribution < 1.29 is 41.7 Å². The van der Waals surface area contributed by atoms with Crippen LogP contribution < -0.4 is 14.8 Å². The minimum absolute atomic E-state index is 0.0281. The first-order valence-corrected chi connectivity index (χ1v) is 15.3.